The first-order valence-electron chi connectivity index (χ1n) is 7.22. The van der Waals surface area contributed by atoms with Crippen molar-refractivity contribution in [3.63, 3.8) is 0 Å². The van der Waals surface area contributed by atoms with Crippen LogP contribution in [0.2, 0.25) is 0 Å². The predicted molar refractivity (Wildman–Crippen MR) is 73.9 cm³/mol. The standard InChI is InChI=1S/C14H26N2O3/c1-11(2)15-7-3-6-13(17)16-8-4-5-12(10-16)9-14(18)19/h11-12,15H,3-10H2,1-2H3,(H,18,19). The van der Waals surface area contributed by atoms with Crippen LogP contribution < -0.4 is 5.32 Å². The first-order valence-corrected chi connectivity index (χ1v) is 7.22. The van der Waals surface area contributed by atoms with Gasteiger partial charge in [-0.1, -0.05) is 13.8 Å². The number of carbonyl (C=O) groups is 2. The number of carboxylic acids is 1. The molecule has 1 atom stereocenters. The average molecular weight is 270 g/mol. The van der Waals surface area contributed by atoms with Gasteiger partial charge in [-0.3, -0.25) is 9.59 Å². The zero-order chi connectivity index (χ0) is 14.3. The molecular weight excluding hydrogens is 244 g/mol. The summed E-state index contributed by atoms with van der Waals surface area (Å²) in [6, 6.07) is 0.449. The summed E-state index contributed by atoms with van der Waals surface area (Å²) in [7, 11) is 0. The number of hydrogen-bond donors (Lipinski definition) is 2. The Hall–Kier alpha value is -1.10. The maximum atomic E-state index is 12.0. The molecule has 1 aliphatic rings. The molecule has 0 spiro atoms. The molecule has 0 bridgehead atoms. The molecule has 5 nitrogen and oxygen atoms in total. The van der Waals surface area contributed by atoms with Gasteiger partial charge in [0.2, 0.25) is 5.91 Å². The Morgan fingerprint density at radius 2 is 2.16 bits per heavy atom. The Morgan fingerprint density at radius 1 is 1.42 bits per heavy atom. The third-order valence-electron chi connectivity index (χ3n) is 3.45. The van der Waals surface area contributed by atoms with Crippen LogP contribution in [0.3, 0.4) is 0 Å². The van der Waals surface area contributed by atoms with E-state index in [1.165, 1.54) is 0 Å². The molecule has 1 fully saturated rings. The lowest BCUT2D eigenvalue weighted by atomic mass is 9.94. The van der Waals surface area contributed by atoms with Crippen LogP contribution in [0.4, 0.5) is 0 Å². The van der Waals surface area contributed by atoms with E-state index in [0.29, 0.717) is 19.0 Å². The lowest BCUT2D eigenvalue weighted by Crippen LogP contribution is -2.40. The third kappa shape index (κ3) is 6.57. The normalized spacial score (nSPS) is 19.7. The highest BCUT2D eigenvalue weighted by Gasteiger charge is 2.24. The number of nitrogens with one attached hydrogen (secondary N) is 1. The fourth-order valence-electron chi connectivity index (χ4n) is 2.49. The molecular formula is C14H26N2O3. The summed E-state index contributed by atoms with van der Waals surface area (Å²) < 4.78 is 0. The Morgan fingerprint density at radius 3 is 2.79 bits per heavy atom. The van der Waals surface area contributed by atoms with Gasteiger partial charge in [0, 0.05) is 32.0 Å². The Labute approximate surface area is 115 Å². The van der Waals surface area contributed by atoms with Crippen LogP contribution in [0.15, 0.2) is 0 Å². The highest BCUT2D eigenvalue weighted by molar-refractivity contribution is 5.76. The quantitative estimate of drug-likeness (QED) is 0.687. The minimum Gasteiger partial charge on any atom is -0.481 e. The van der Waals surface area contributed by atoms with E-state index in [0.717, 1.165) is 32.4 Å². The zero-order valence-electron chi connectivity index (χ0n) is 12.0. The van der Waals surface area contributed by atoms with Gasteiger partial charge >= 0.3 is 5.97 Å². The number of piperidine rings is 1. The van der Waals surface area contributed by atoms with Crippen LogP contribution in [-0.4, -0.2) is 47.6 Å². The van der Waals surface area contributed by atoms with Crippen molar-refractivity contribution in [1.29, 1.82) is 0 Å². The number of carbonyl (C=O) groups excluding carboxylic acids is 1. The summed E-state index contributed by atoms with van der Waals surface area (Å²) in [5, 5.41) is 12.1. The van der Waals surface area contributed by atoms with Crippen LogP contribution in [0.5, 0.6) is 0 Å². The van der Waals surface area contributed by atoms with Gasteiger partial charge in [0.25, 0.3) is 0 Å². The predicted octanol–water partition coefficient (Wildman–Crippen LogP) is 1.48. The zero-order valence-corrected chi connectivity index (χ0v) is 12.0. The largest absolute Gasteiger partial charge is 0.481 e. The second-order valence-electron chi connectivity index (χ2n) is 5.66. The molecule has 110 valence electrons. The highest BCUT2D eigenvalue weighted by atomic mass is 16.4. The third-order valence-corrected chi connectivity index (χ3v) is 3.45. The average Bonchev–Trinajstić information content (AvgIpc) is 2.33. The van der Waals surface area contributed by atoms with Crippen LogP contribution in [0.1, 0.15) is 46.0 Å². The van der Waals surface area contributed by atoms with Gasteiger partial charge in [0.1, 0.15) is 0 Å². The van der Waals surface area contributed by atoms with E-state index in [2.05, 4.69) is 19.2 Å². The lowest BCUT2D eigenvalue weighted by molar-refractivity contribution is -0.140. The highest BCUT2D eigenvalue weighted by Crippen LogP contribution is 2.20. The fourth-order valence-corrected chi connectivity index (χ4v) is 2.49. The van der Waals surface area contributed by atoms with E-state index >= 15 is 0 Å². The number of carboxylic acid groups (broad SMARTS) is 1. The lowest BCUT2D eigenvalue weighted by Gasteiger charge is -2.32. The number of likely N-dealkylation sites (tertiary alicyclic amines) is 1. The van der Waals surface area contributed by atoms with E-state index in [9.17, 15) is 9.59 Å². The van der Waals surface area contributed by atoms with E-state index in [1.807, 2.05) is 4.90 Å². The first kappa shape index (κ1) is 16.0. The van der Waals surface area contributed by atoms with Crippen molar-refractivity contribution >= 4 is 11.9 Å². The van der Waals surface area contributed by atoms with Gasteiger partial charge < -0.3 is 15.3 Å². The maximum Gasteiger partial charge on any atom is 0.303 e. The van der Waals surface area contributed by atoms with Gasteiger partial charge in [0.15, 0.2) is 0 Å². The van der Waals surface area contributed by atoms with E-state index in [1.54, 1.807) is 0 Å². The van der Waals surface area contributed by atoms with Gasteiger partial charge in [-0.05, 0) is 31.7 Å². The van der Waals surface area contributed by atoms with Crippen molar-refractivity contribution in [2.45, 2.75) is 52.0 Å². The van der Waals surface area contributed by atoms with Crippen molar-refractivity contribution in [3.05, 3.63) is 0 Å². The molecule has 1 unspecified atom stereocenters. The Bertz CT molecular complexity index is 305. The fraction of sp³-hybridized carbons (Fsp3) is 0.857. The summed E-state index contributed by atoms with van der Waals surface area (Å²) >= 11 is 0. The number of rotatable bonds is 7. The van der Waals surface area contributed by atoms with Crippen LogP contribution in [0.25, 0.3) is 0 Å². The summed E-state index contributed by atoms with van der Waals surface area (Å²) in [6.45, 7) is 6.43. The Kier molecular flexibility index (Phi) is 6.84. The number of nitrogens with zero attached hydrogens (tertiary/aromatic N) is 1. The van der Waals surface area contributed by atoms with Crippen LogP contribution in [-0.2, 0) is 9.59 Å². The molecule has 19 heavy (non-hydrogen) atoms. The van der Waals surface area contributed by atoms with E-state index < -0.39 is 5.97 Å². The molecule has 1 aliphatic heterocycles. The van der Waals surface area contributed by atoms with Crippen molar-refractivity contribution in [1.82, 2.24) is 10.2 Å². The van der Waals surface area contributed by atoms with Gasteiger partial charge in [-0.25, -0.2) is 0 Å². The van der Waals surface area contributed by atoms with Crippen LogP contribution >= 0.6 is 0 Å². The van der Waals surface area contributed by atoms with Gasteiger partial charge in [-0.2, -0.15) is 0 Å². The summed E-state index contributed by atoms with van der Waals surface area (Å²) in [5.41, 5.74) is 0. The summed E-state index contributed by atoms with van der Waals surface area (Å²) in [5.74, 6) is -0.468. The summed E-state index contributed by atoms with van der Waals surface area (Å²) in [6.07, 6.45) is 3.42. The number of hydrogen-bond acceptors (Lipinski definition) is 3. The minimum absolute atomic E-state index is 0.129. The van der Waals surface area contributed by atoms with Crippen molar-refractivity contribution < 1.29 is 14.7 Å². The SMILES string of the molecule is CC(C)NCCCC(=O)N1CCCC(CC(=O)O)C1. The van der Waals surface area contributed by atoms with E-state index in [-0.39, 0.29) is 18.2 Å². The molecule has 2 N–H and O–H groups in total. The van der Waals surface area contributed by atoms with Gasteiger partial charge in [-0.15, -0.1) is 0 Å². The topological polar surface area (TPSA) is 69.6 Å². The van der Waals surface area contributed by atoms with Crippen molar-refractivity contribution in [2.75, 3.05) is 19.6 Å². The second kappa shape index (κ2) is 8.15. The molecule has 1 rings (SSSR count). The number of amides is 1. The molecule has 0 aromatic carbocycles. The van der Waals surface area contributed by atoms with E-state index in [4.69, 9.17) is 5.11 Å². The molecule has 0 aliphatic carbocycles. The molecule has 1 heterocycles. The molecule has 0 radical (unpaired) electrons. The van der Waals surface area contributed by atoms with Gasteiger partial charge in [0.05, 0.1) is 0 Å². The molecule has 0 saturated carbocycles. The number of aliphatic carboxylic acids is 1. The molecule has 0 aromatic rings. The second-order valence-corrected chi connectivity index (χ2v) is 5.66. The summed E-state index contributed by atoms with van der Waals surface area (Å²) in [4.78, 5) is 24.6. The monoisotopic (exact) mass is 270 g/mol. The smallest absolute Gasteiger partial charge is 0.303 e. The molecule has 1 amide bonds. The first-order chi connectivity index (χ1) is 8.99. The van der Waals surface area contributed by atoms with Crippen molar-refractivity contribution in [3.8, 4) is 0 Å². The molecule has 0 aromatic heterocycles. The molecule has 5 heteroatoms. The van der Waals surface area contributed by atoms with Crippen LogP contribution in [0, 0.1) is 5.92 Å². The maximum absolute atomic E-state index is 12.0. The van der Waals surface area contributed by atoms with Crippen molar-refractivity contribution in [2.24, 2.45) is 5.92 Å². The minimum atomic E-state index is -0.763. The molecule has 1 saturated heterocycles. The Balaban J connectivity index is 2.25.